The van der Waals surface area contributed by atoms with Gasteiger partial charge >= 0.3 is 5.97 Å². The maximum absolute atomic E-state index is 12.5. The molecule has 1 heterocycles. The molecule has 0 spiro atoms. The van der Waals surface area contributed by atoms with Gasteiger partial charge in [-0.1, -0.05) is 19.9 Å². The summed E-state index contributed by atoms with van der Waals surface area (Å²) in [4.78, 5) is 40.4. The Morgan fingerprint density at radius 1 is 1.26 bits per heavy atom. The molecule has 0 unspecified atom stereocenters. The number of benzene rings is 1. The van der Waals surface area contributed by atoms with E-state index in [0.717, 1.165) is 0 Å². The van der Waals surface area contributed by atoms with Crippen molar-refractivity contribution in [2.45, 2.75) is 20.8 Å². The van der Waals surface area contributed by atoms with E-state index in [2.05, 4.69) is 4.98 Å². The number of ether oxygens (including phenoxy) is 1. The lowest BCUT2D eigenvalue weighted by Gasteiger charge is -2.18. The van der Waals surface area contributed by atoms with Crippen molar-refractivity contribution in [2.75, 3.05) is 13.6 Å². The van der Waals surface area contributed by atoms with Gasteiger partial charge in [0, 0.05) is 32.2 Å². The number of nitrogens with one attached hydrogen (secondary N) is 1. The molecule has 0 aliphatic rings. The summed E-state index contributed by atoms with van der Waals surface area (Å²) in [6.45, 7) is 5.72. The van der Waals surface area contributed by atoms with E-state index in [0.29, 0.717) is 17.4 Å². The zero-order chi connectivity index (χ0) is 17.1. The molecule has 23 heavy (non-hydrogen) atoms. The molecule has 0 bridgehead atoms. The van der Waals surface area contributed by atoms with Crippen molar-refractivity contribution in [1.29, 1.82) is 0 Å². The standard InChI is InChI=1S/C17H20N2O4/c1-10(2)9-19(4)17(22)16(21)12-8-18-13-6-5-7-14(15(12)13)23-11(3)20/h5-8,10,18H,9H2,1-4H3. The molecule has 2 aromatic rings. The Morgan fingerprint density at radius 2 is 1.96 bits per heavy atom. The quantitative estimate of drug-likeness (QED) is 0.397. The highest BCUT2D eigenvalue weighted by Gasteiger charge is 2.25. The number of likely N-dealkylation sites (N-methyl/N-ethyl adjacent to an activating group) is 1. The van der Waals surface area contributed by atoms with E-state index in [9.17, 15) is 14.4 Å². The lowest BCUT2D eigenvalue weighted by molar-refractivity contribution is -0.131. The molecule has 6 heteroatoms. The van der Waals surface area contributed by atoms with E-state index < -0.39 is 17.7 Å². The predicted octanol–water partition coefficient (Wildman–Crippen LogP) is 2.39. The number of ketones is 1. The first-order valence-electron chi connectivity index (χ1n) is 7.39. The van der Waals surface area contributed by atoms with Crippen molar-refractivity contribution < 1.29 is 19.1 Å². The van der Waals surface area contributed by atoms with Crippen molar-refractivity contribution >= 4 is 28.6 Å². The lowest BCUT2D eigenvalue weighted by Crippen LogP contribution is -2.35. The second-order valence-electron chi connectivity index (χ2n) is 5.88. The van der Waals surface area contributed by atoms with Crippen molar-refractivity contribution in [3.05, 3.63) is 30.0 Å². The largest absolute Gasteiger partial charge is 0.426 e. The minimum absolute atomic E-state index is 0.206. The number of fused-ring (bicyclic) bond motifs is 1. The molecule has 0 saturated heterocycles. The van der Waals surface area contributed by atoms with Crippen LogP contribution in [0.5, 0.6) is 5.75 Å². The number of H-pyrrole nitrogens is 1. The highest BCUT2D eigenvalue weighted by molar-refractivity contribution is 6.45. The third kappa shape index (κ3) is 3.59. The number of aromatic nitrogens is 1. The van der Waals surface area contributed by atoms with Gasteiger partial charge in [-0.05, 0) is 18.1 Å². The number of hydrogen-bond donors (Lipinski definition) is 1. The van der Waals surface area contributed by atoms with Gasteiger partial charge in [-0.2, -0.15) is 0 Å². The van der Waals surface area contributed by atoms with Crippen LogP contribution in [0.25, 0.3) is 10.9 Å². The van der Waals surface area contributed by atoms with Crippen LogP contribution in [0, 0.1) is 5.92 Å². The van der Waals surface area contributed by atoms with Crippen LogP contribution in [0.1, 0.15) is 31.1 Å². The predicted molar refractivity (Wildman–Crippen MR) is 86.4 cm³/mol. The summed E-state index contributed by atoms with van der Waals surface area (Å²) in [6.07, 6.45) is 1.47. The van der Waals surface area contributed by atoms with E-state index >= 15 is 0 Å². The summed E-state index contributed by atoms with van der Waals surface area (Å²) in [7, 11) is 1.60. The number of hydrogen-bond acceptors (Lipinski definition) is 4. The fraction of sp³-hybridized carbons (Fsp3) is 0.353. The molecule has 1 aromatic carbocycles. The zero-order valence-electron chi connectivity index (χ0n) is 13.7. The van der Waals surface area contributed by atoms with Crippen molar-refractivity contribution in [3.8, 4) is 5.75 Å². The average Bonchev–Trinajstić information content (AvgIpc) is 2.89. The Labute approximate surface area is 134 Å². The molecule has 0 aliphatic carbocycles. The van der Waals surface area contributed by atoms with Crippen molar-refractivity contribution in [1.82, 2.24) is 9.88 Å². The minimum Gasteiger partial charge on any atom is -0.426 e. The monoisotopic (exact) mass is 316 g/mol. The maximum Gasteiger partial charge on any atom is 0.308 e. The maximum atomic E-state index is 12.5. The number of aromatic amines is 1. The Balaban J connectivity index is 2.41. The molecule has 0 saturated carbocycles. The lowest BCUT2D eigenvalue weighted by atomic mass is 10.1. The van der Waals surface area contributed by atoms with E-state index in [1.165, 1.54) is 18.0 Å². The molecule has 1 amide bonds. The van der Waals surface area contributed by atoms with Gasteiger partial charge in [-0.3, -0.25) is 14.4 Å². The Morgan fingerprint density at radius 3 is 2.57 bits per heavy atom. The van der Waals surface area contributed by atoms with Gasteiger partial charge in [0.1, 0.15) is 5.75 Å². The van der Waals surface area contributed by atoms with Crippen LogP contribution in [0.3, 0.4) is 0 Å². The van der Waals surface area contributed by atoms with Crippen LogP contribution >= 0.6 is 0 Å². The molecule has 2 rings (SSSR count). The molecule has 1 N–H and O–H groups in total. The van der Waals surface area contributed by atoms with Crippen LogP contribution in [0.2, 0.25) is 0 Å². The summed E-state index contributed by atoms with van der Waals surface area (Å²) >= 11 is 0. The summed E-state index contributed by atoms with van der Waals surface area (Å²) in [6, 6.07) is 5.05. The number of Topliss-reactive ketones (excluding diaryl/α,β-unsaturated/α-hetero) is 1. The van der Waals surface area contributed by atoms with Crippen LogP contribution in [-0.2, 0) is 9.59 Å². The normalized spacial score (nSPS) is 10.8. The zero-order valence-corrected chi connectivity index (χ0v) is 13.7. The molecular weight excluding hydrogens is 296 g/mol. The summed E-state index contributed by atoms with van der Waals surface area (Å²) in [5.41, 5.74) is 0.837. The molecule has 1 aromatic heterocycles. The van der Waals surface area contributed by atoms with Crippen molar-refractivity contribution in [2.24, 2.45) is 5.92 Å². The van der Waals surface area contributed by atoms with Crippen molar-refractivity contribution in [3.63, 3.8) is 0 Å². The van der Waals surface area contributed by atoms with Gasteiger partial charge in [0.15, 0.2) is 0 Å². The first-order valence-corrected chi connectivity index (χ1v) is 7.39. The van der Waals surface area contributed by atoms with Gasteiger partial charge in [0.2, 0.25) is 0 Å². The number of nitrogens with zero attached hydrogens (tertiary/aromatic N) is 1. The van der Waals surface area contributed by atoms with E-state index in [1.807, 2.05) is 13.8 Å². The second-order valence-corrected chi connectivity index (χ2v) is 5.88. The number of esters is 1. The smallest absolute Gasteiger partial charge is 0.308 e. The highest BCUT2D eigenvalue weighted by Crippen LogP contribution is 2.29. The Kier molecular flexibility index (Phi) is 4.83. The molecule has 122 valence electrons. The molecule has 0 fully saturated rings. The fourth-order valence-corrected chi connectivity index (χ4v) is 2.49. The highest BCUT2D eigenvalue weighted by atomic mass is 16.5. The molecule has 0 radical (unpaired) electrons. The minimum atomic E-state index is -0.626. The van der Waals surface area contributed by atoms with E-state index in [-0.39, 0.29) is 17.2 Å². The SMILES string of the molecule is CC(=O)Oc1cccc2[nH]cc(C(=O)C(=O)N(C)CC(C)C)c12. The first-order chi connectivity index (χ1) is 10.8. The van der Waals surface area contributed by atoms with Gasteiger partial charge < -0.3 is 14.6 Å². The van der Waals surface area contributed by atoms with E-state index in [4.69, 9.17) is 4.74 Å². The topological polar surface area (TPSA) is 79.5 Å². The van der Waals surface area contributed by atoms with Crippen LogP contribution < -0.4 is 4.74 Å². The average molecular weight is 316 g/mol. The molecule has 0 atom stereocenters. The number of carbonyl (C=O) groups is 3. The summed E-state index contributed by atoms with van der Waals surface area (Å²) < 4.78 is 5.15. The fourth-order valence-electron chi connectivity index (χ4n) is 2.49. The third-order valence-electron chi connectivity index (χ3n) is 3.35. The molecular formula is C17H20N2O4. The van der Waals surface area contributed by atoms with Gasteiger partial charge in [-0.15, -0.1) is 0 Å². The molecule has 0 aliphatic heterocycles. The van der Waals surface area contributed by atoms with Gasteiger partial charge in [-0.25, -0.2) is 0 Å². The van der Waals surface area contributed by atoms with Crippen LogP contribution in [-0.4, -0.2) is 41.1 Å². The number of rotatable bonds is 5. The van der Waals surface area contributed by atoms with E-state index in [1.54, 1.807) is 25.2 Å². The summed E-state index contributed by atoms with van der Waals surface area (Å²) in [5, 5.41) is 0.444. The van der Waals surface area contributed by atoms with Crippen LogP contribution in [0.15, 0.2) is 24.4 Å². The number of carbonyl (C=O) groups excluding carboxylic acids is 3. The Hall–Kier alpha value is -2.63. The summed E-state index contributed by atoms with van der Waals surface area (Å²) in [5.74, 6) is -1.17. The third-order valence-corrected chi connectivity index (χ3v) is 3.35. The van der Waals surface area contributed by atoms with Gasteiger partial charge in [0.05, 0.1) is 10.9 Å². The Bertz CT molecular complexity index is 761. The first kappa shape index (κ1) is 16.7. The van der Waals surface area contributed by atoms with Gasteiger partial charge in [0.25, 0.3) is 11.7 Å². The van der Waals surface area contributed by atoms with Crippen LogP contribution in [0.4, 0.5) is 0 Å². The number of amides is 1. The molecule has 6 nitrogen and oxygen atoms in total. The second kappa shape index (κ2) is 6.64.